The highest BCUT2D eigenvalue weighted by molar-refractivity contribution is 5.33. The van der Waals surface area contributed by atoms with Crippen LogP contribution in [0.4, 0.5) is 5.95 Å². The molecular formula is C14H23N5. The first kappa shape index (κ1) is 12.8. The van der Waals surface area contributed by atoms with Crippen molar-refractivity contribution >= 4 is 5.95 Å². The van der Waals surface area contributed by atoms with Crippen LogP contribution in [0, 0.1) is 12.8 Å². The lowest BCUT2D eigenvalue weighted by atomic mass is 10.3. The van der Waals surface area contributed by atoms with Crippen molar-refractivity contribution in [1.82, 2.24) is 14.9 Å². The summed E-state index contributed by atoms with van der Waals surface area (Å²) in [6, 6.07) is 1.97. The highest BCUT2D eigenvalue weighted by Crippen LogP contribution is 2.30. The van der Waals surface area contributed by atoms with Gasteiger partial charge in [0.1, 0.15) is 0 Å². The molecule has 0 spiro atoms. The topological polar surface area (TPSA) is 58.3 Å². The summed E-state index contributed by atoms with van der Waals surface area (Å²) >= 11 is 0. The number of rotatable bonds is 4. The number of hydrogen-bond donors (Lipinski definition) is 1. The van der Waals surface area contributed by atoms with E-state index >= 15 is 0 Å². The molecule has 19 heavy (non-hydrogen) atoms. The zero-order valence-electron chi connectivity index (χ0n) is 11.7. The molecule has 2 heterocycles. The lowest BCUT2D eigenvalue weighted by molar-refractivity contribution is 0.247. The Morgan fingerprint density at radius 2 is 1.95 bits per heavy atom. The Labute approximate surface area is 114 Å². The van der Waals surface area contributed by atoms with Gasteiger partial charge in [0.25, 0.3) is 0 Å². The highest BCUT2D eigenvalue weighted by Gasteiger charge is 2.27. The van der Waals surface area contributed by atoms with Crippen molar-refractivity contribution in [3.05, 3.63) is 17.5 Å². The largest absolute Gasteiger partial charge is 0.338 e. The normalized spacial score (nSPS) is 20.8. The molecule has 3 rings (SSSR count). The average Bonchev–Trinajstić information content (AvgIpc) is 3.23. The van der Waals surface area contributed by atoms with Gasteiger partial charge in [0.15, 0.2) is 0 Å². The Bertz CT molecular complexity index is 435. The number of piperazine rings is 1. The van der Waals surface area contributed by atoms with Crippen molar-refractivity contribution in [3.63, 3.8) is 0 Å². The van der Waals surface area contributed by atoms with Gasteiger partial charge in [-0.2, -0.15) is 0 Å². The first-order chi connectivity index (χ1) is 9.24. The summed E-state index contributed by atoms with van der Waals surface area (Å²) in [5.41, 5.74) is 7.62. The number of aromatic nitrogens is 2. The molecule has 1 aliphatic heterocycles. The Hall–Kier alpha value is -1.20. The van der Waals surface area contributed by atoms with Crippen LogP contribution in [0.1, 0.15) is 24.2 Å². The molecule has 0 atom stereocenters. The van der Waals surface area contributed by atoms with E-state index in [0.717, 1.165) is 49.4 Å². The van der Waals surface area contributed by atoms with Crippen molar-refractivity contribution < 1.29 is 0 Å². The smallest absolute Gasteiger partial charge is 0.225 e. The molecule has 0 bridgehead atoms. The van der Waals surface area contributed by atoms with Crippen LogP contribution in [-0.2, 0) is 6.54 Å². The predicted octanol–water partition coefficient (Wildman–Crippen LogP) is 0.776. The van der Waals surface area contributed by atoms with E-state index in [-0.39, 0.29) is 0 Å². The minimum atomic E-state index is 0.484. The average molecular weight is 261 g/mol. The highest BCUT2D eigenvalue weighted by atomic mass is 15.3. The molecule has 5 nitrogen and oxygen atoms in total. The summed E-state index contributed by atoms with van der Waals surface area (Å²) in [5, 5.41) is 0. The van der Waals surface area contributed by atoms with Crippen LogP contribution in [0.2, 0.25) is 0 Å². The summed E-state index contributed by atoms with van der Waals surface area (Å²) in [7, 11) is 0. The van der Waals surface area contributed by atoms with Gasteiger partial charge in [-0.3, -0.25) is 4.90 Å². The summed E-state index contributed by atoms with van der Waals surface area (Å²) in [6.45, 7) is 8.10. The fraction of sp³-hybridized carbons (Fsp3) is 0.714. The maximum atomic E-state index is 5.68. The Balaban J connectivity index is 1.62. The van der Waals surface area contributed by atoms with Crippen LogP contribution in [-0.4, -0.2) is 47.6 Å². The predicted molar refractivity (Wildman–Crippen MR) is 76.0 cm³/mol. The van der Waals surface area contributed by atoms with Gasteiger partial charge in [-0.1, -0.05) is 0 Å². The molecule has 1 saturated carbocycles. The zero-order chi connectivity index (χ0) is 13.2. The van der Waals surface area contributed by atoms with Gasteiger partial charge in [0.05, 0.1) is 5.69 Å². The molecular weight excluding hydrogens is 238 g/mol. The standard InChI is InChI=1S/C14H23N5/c1-11-8-13(9-15)17-14(16-11)19-6-4-18(5-7-19)10-12-2-3-12/h8,12H,2-7,9-10,15H2,1H3. The van der Waals surface area contributed by atoms with Gasteiger partial charge in [0.2, 0.25) is 5.95 Å². The summed E-state index contributed by atoms with van der Waals surface area (Å²) in [5.74, 6) is 1.83. The number of aryl methyl sites for hydroxylation is 1. The molecule has 2 N–H and O–H groups in total. The molecule has 0 unspecified atom stereocenters. The molecule has 1 aliphatic carbocycles. The maximum Gasteiger partial charge on any atom is 0.225 e. The van der Waals surface area contributed by atoms with Gasteiger partial charge >= 0.3 is 0 Å². The first-order valence-electron chi connectivity index (χ1n) is 7.26. The van der Waals surface area contributed by atoms with Crippen LogP contribution in [0.15, 0.2) is 6.07 Å². The Morgan fingerprint density at radius 3 is 2.58 bits per heavy atom. The van der Waals surface area contributed by atoms with E-state index in [1.807, 2.05) is 13.0 Å². The van der Waals surface area contributed by atoms with E-state index in [4.69, 9.17) is 5.73 Å². The first-order valence-corrected chi connectivity index (χ1v) is 7.26. The third-order valence-corrected chi connectivity index (χ3v) is 3.97. The van der Waals surface area contributed by atoms with Crippen molar-refractivity contribution in [2.75, 3.05) is 37.6 Å². The summed E-state index contributed by atoms with van der Waals surface area (Å²) in [4.78, 5) is 14.0. The second kappa shape index (κ2) is 5.43. The lowest BCUT2D eigenvalue weighted by Gasteiger charge is -2.35. The number of nitrogens with two attached hydrogens (primary N) is 1. The Morgan fingerprint density at radius 1 is 1.21 bits per heavy atom. The van der Waals surface area contributed by atoms with Crippen molar-refractivity contribution in [2.24, 2.45) is 11.7 Å². The molecule has 0 aromatic carbocycles. The minimum absolute atomic E-state index is 0.484. The lowest BCUT2D eigenvalue weighted by Crippen LogP contribution is -2.47. The molecule has 0 radical (unpaired) electrons. The quantitative estimate of drug-likeness (QED) is 0.868. The van der Waals surface area contributed by atoms with Gasteiger partial charge in [-0.15, -0.1) is 0 Å². The number of hydrogen-bond acceptors (Lipinski definition) is 5. The molecule has 1 aromatic heterocycles. The third-order valence-electron chi connectivity index (χ3n) is 3.97. The monoisotopic (exact) mass is 261 g/mol. The van der Waals surface area contributed by atoms with E-state index in [0.29, 0.717) is 6.54 Å². The van der Waals surface area contributed by atoms with Crippen LogP contribution in [0.3, 0.4) is 0 Å². The van der Waals surface area contributed by atoms with Crippen LogP contribution >= 0.6 is 0 Å². The zero-order valence-corrected chi connectivity index (χ0v) is 11.7. The molecule has 2 fully saturated rings. The fourth-order valence-electron chi connectivity index (χ4n) is 2.66. The van der Waals surface area contributed by atoms with Gasteiger partial charge < -0.3 is 10.6 Å². The SMILES string of the molecule is Cc1cc(CN)nc(N2CCN(CC3CC3)CC2)n1. The van der Waals surface area contributed by atoms with E-state index in [2.05, 4.69) is 19.8 Å². The van der Waals surface area contributed by atoms with Gasteiger partial charge in [-0.25, -0.2) is 9.97 Å². The van der Waals surface area contributed by atoms with Gasteiger partial charge in [0, 0.05) is 45.0 Å². The molecule has 0 amide bonds. The van der Waals surface area contributed by atoms with Crippen molar-refractivity contribution in [2.45, 2.75) is 26.3 Å². The minimum Gasteiger partial charge on any atom is -0.338 e. The molecule has 104 valence electrons. The van der Waals surface area contributed by atoms with E-state index < -0.39 is 0 Å². The van der Waals surface area contributed by atoms with Crippen molar-refractivity contribution in [1.29, 1.82) is 0 Å². The van der Waals surface area contributed by atoms with E-state index in [1.165, 1.54) is 19.4 Å². The van der Waals surface area contributed by atoms with Gasteiger partial charge in [-0.05, 0) is 31.7 Å². The van der Waals surface area contributed by atoms with E-state index in [1.54, 1.807) is 0 Å². The van der Waals surface area contributed by atoms with Crippen LogP contribution in [0.5, 0.6) is 0 Å². The van der Waals surface area contributed by atoms with Crippen LogP contribution in [0.25, 0.3) is 0 Å². The number of anilines is 1. The fourth-order valence-corrected chi connectivity index (χ4v) is 2.66. The van der Waals surface area contributed by atoms with E-state index in [9.17, 15) is 0 Å². The molecule has 2 aliphatic rings. The second-order valence-corrected chi connectivity index (χ2v) is 5.74. The molecule has 1 aromatic rings. The van der Waals surface area contributed by atoms with Crippen LogP contribution < -0.4 is 10.6 Å². The summed E-state index contributed by atoms with van der Waals surface area (Å²) < 4.78 is 0. The Kier molecular flexibility index (Phi) is 3.66. The summed E-state index contributed by atoms with van der Waals surface area (Å²) in [6.07, 6.45) is 2.86. The second-order valence-electron chi connectivity index (χ2n) is 5.74. The molecule has 5 heteroatoms. The maximum absolute atomic E-state index is 5.68. The third kappa shape index (κ3) is 3.22. The number of nitrogens with zero attached hydrogens (tertiary/aromatic N) is 4. The molecule has 1 saturated heterocycles. The van der Waals surface area contributed by atoms with Crippen molar-refractivity contribution in [3.8, 4) is 0 Å².